The zero-order chi connectivity index (χ0) is 19.5. The number of fused-ring (bicyclic) bond motifs is 1. The van der Waals surface area contributed by atoms with E-state index in [1.807, 2.05) is 22.9 Å². The van der Waals surface area contributed by atoms with E-state index < -0.39 is 0 Å². The van der Waals surface area contributed by atoms with Gasteiger partial charge in [0.15, 0.2) is 0 Å². The minimum absolute atomic E-state index is 0.0677. The normalized spacial score (nSPS) is 19.7. The molecule has 1 aromatic carbocycles. The van der Waals surface area contributed by atoms with Crippen LogP contribution in [-0.4, -0.2) is 63.7 Å². The van der Waals surface area contributed by atoms with Gasteiger partial charge in [-0.3, -0.25) is 9.69 Å². The lowest BCUT2D eigenvalue weighted by atomic mass is 10.2. The topological polar surface area (TPSA) is 66.3 Å². The van der Waals surface area contributed by atoms with Gasteiger partial charge in [0.25, 0.3) is 0 Å². The molecule has 0 bridgehead atoms. The van der Waals surface area contributed by atoms with E-state index in [-0.39, 0.29) is 24.3 Å². The summed E-state index contributed by atoms with van der Waals surface area (Å²) in [5, 5.41) is 12.2. The highest BCUT2D eigenvalue weighted by Crippen LogP contribution is 2.23. The predicted molar refractivity (Wildman–Crippen MR) is 103 cm³/mol. The number of rotatable bonds is 5. The molecule has 4 rings (SSSR count). The minimum Gasteiger partial charge on any atom is -0.339 e. The maximum absolute atomic E-state index is 13.8. The molecule has 1 amide bonds. The molecule has 7 nitrogen and oxygen atoms in total. The van der Waals surface area contributed by atoms with Crippen molar-refractivity contribution in [3.8, 4) is 0 Å². The Labute approximate surface area is 164 Å². The van der Waals surface area contributed by atoms with E-state index in [1.54, 1.807) is 12.1 Å². The van der Waals surface area contributed by atoms with Gasteiger partial charge in [0.2, 0.25) is 5.91 Å². The molecule has 2 aromatic rings. The lowest BCUT2D eigenvalue weighted by molar-refractivity contribution is -0.132. The standard InChI is InChI=1S/C20H27FN6O/c1-25(13-15-5-2-3-6-16(15)21)14-19(28)26-10-8-18-23-24-20(27(18)12-11-26)17-7-4-9-22-17/h2-3,5-6,17,22H,4,7-14H2,1H3. The molecular weight excluding hydrogens is 359 g/mol. The number of amides is 1. The molecule has 2 aliphatic rings. The van der Waals surface area contributed by atoms with Crippen molar-refractivity contribution in [1.29, 1.82) is 0 Å². The quantitative estimate of drug-likeness (QED) is 0.841. The summed E-state index contributed by atoms with van der Waals surface area (Å²) in [6.45, 7) is 3.71. The Hall–Kier alpha value is -2.32. The fourth-order valence-corrected chi connectivity index (χ4v) is 4.06. The van der Waals surface area contributed by atoms with Crippen molar-refractivity contribution in [1.82, 2.24) is 29.9 Å². The van der Waals surface area contributed by atoms with E-state index in [9.17, 15) is 9.18 Å². The van der Waals surface area contributed by atoms with Gasteiger partial charge in [-0.15, -0.1) is 10.2 Å². The Kier molecular flexibility index (Phi) is 5.68. The Morgan fingerprint density at radius 3 is 2.93 bits per heavy atom. The second-order valence-corrected chi connectivity index (χ2v) is 7.67. The molecular formula is C20H27FN6O. The summed E-state index contributed by atoms with van der Waals surface area (Å²) in [7, 11) is 1.85. The molecule has 0 spiro atoms. The van der Waals surface area contributed by atoms with Crippen LogP contribution in [0.4, 0.5) is 4.39 Å². The highest BCUT2D eigenvalue weighted by atomic mass is 19.1. The molecule has 28 heavy (non-hydrogen) atoms. The van der Waals surface area contributed by atoms with Gasteiger partial charge >= 0.3 is 0 Å². The summed E-state index contributed by atoms with van der Waals surface area (Å²) < 4.78 is 16.0. The van der Waals surface area contributed by atoms with Crippen LogP contribution in [0.5, 0.6) is 0 Å². The van der Waals surface area contributed by atoms with Crippen LogP contribution in [0.15, 0.2) is 24.3 Å². The number of hydrogen-bond donors (Lipinski definition) is 1. The molecule has 2 aliphatic heterocycles. The van der Waals surface area contributed by atoms with E-state index in [2.05, 4.69) is 20.1 Å². The third-order valence-electron chi connectivity index (χ3n) is 5.58. The van der Waals surface area contributed by atoms with Gasteiger partial charge in [-0.05, 0) is 32.5 Å². The van der Waals surface area contributed by atoms with Crippen LogP contribution in [-0.2, 0) is 24.3 Å². The van der Waals surface area contributed by atoms with Gasteiger partial charge in [-0.2, -0.15) is 0 Å². The molecule has 1 N–H and O–H groups in total. The number of benzene rings is 1. The van der Waals surface area contributed by atoms with Gasteiger partial charge in [-0.1, -0.05) is 18.2 Å². The van der Waals surface area contributed by atoms with Crippen LogP contribution in [0.1, 0.15) is 36.1 Å². The number of carbonyl (C=O) groups excluding carboxylic acids is 1. The van der Waals surface area contributed by atoms with E-state index in [0.717, 1.165) is 37.6 Å². The zero-order valence-electron chi connectivity index (χ0n) is 16.3. The average molecular weight is 386 g/mol. The number of aromatic nitrogens is 3. The molecule has 1 unspecified atom stereocenters. The summed E-state index contributed by atoms with van der Waals surface area (Å²) in [5.41, 5.74) is 0.605. The maximum atomic E-state index is 13.8. The number of carbonyl (C=O) groups is 1. The third-order valence-corrected chi connectivity index (χ3v) is 5.58. The highest BCUT2D eigenvalue weighted by Gasteiger charge is 2.27. The first-order valence-electron chi connectivity index (χ1n) is 9.97. The van der Waals surface area contributed by atoms with Crippen molar-refractivity contribution in [2.24, 2.45) is 0 Å². The van der Waals surface area contributed by atoms with Crippen molar-refractivity contribution >= 4 is 5.91 Å². The second-order valence-electron chi connectivity index (χ2n) is 7.67. The second kappa shape index (κ2) is 8.36. The largest absolute Gasteiger partial charge is 0.339 e. The van der Waals surface area contributed by atoms with Gasteiger partial charge < -0.3 is 14.8 Å². The summed E-state index contributed by atoms with van der Waals surface area (Å²) in [6.07, 6.45) is 2.95. The first-order valence-corrected chi connectivity index (χ1v) is 9.97. The van der Waals surface area contributed by atoms with Crippen LogP contribution < -0.4 is 5.32 Å². The molecule has 1 aromatic heterocycles. The Morgan fingerprint density at radius 1 is 1.29 bits per heavy atom. The van der Waals surface area contributed by atoms with Gasteiger partial charge in [0.1, 0.15) is 17.5 Å². The predicted octanol–water partition coefficient (Wildman–Crippen LogP) is 1.36. The number of likely N-dealkylation sites (N-methyl/N-ethyl adjacent to an activating group) is 1. The molecule has 0 aliphatic carbocycles. The lowest BCUT2D eigenvalue weighted by Crippen LogP contribution is -2.40. The summed E-state index contributed by atoms with van der Waals surface area (Å²) in [4.78, 5) is 16.5. The van der Waals surface area contributed by atoms with E-state index in [1.165, 1.54) is 6.07 Å². The Bertz CT molecular complexity index is 832. The smallest absolute Gasteiger partial charge is 0.236 e. The number of halogens is 1. The van der Waals surface area contributed by atoms with E-state index >= 15 is 0 Å². The summed E-state index contributed by atoms with van der Waals surface area (Å²) in [5.74, 6) is 1.79. The highest BCUT2D eigenvalue weighted by molar-refractivity contribution is 5.78. The molecule has 0 saturated carbocycles. The summed E-state index contributed by atoms with van der Waals surface area (Å²) in [6, 6.07) is 6.97. The fraction of sp³-hybridized carbons (Fsp3) is 0.550. The van der Waals surface area contributed by atoms with Crippen LogP contribution in [0, 0.1) is 5.82 Å². The van der Waals surface area contributed by atoms with Crippen molar-refractivity contribution < 1.29 is 9.18 Å². The van der Waals surface area contributed by atoms with Crippen LogP contribution in [0.2, 0.25) is 0 Å². The fourth-order valence-electron chi connectivity index (χ4n) is 4.06. The van der Waals surface area contributed by atoms with Crippen molar-refractivity contribution in [3.63, 3.8) is 0 Å². The lowest BCUT2D eigenvalue weighted by Gasteiger charge is -2.24. The minimum atomic E-state index is -0.234. The first kappa shape index (κ1) is 19.0. The molecule has 150 valence electrons. The average Bonchev–Trinajstić information content (AvgIpc) is 3.29. The van der Waals surface area contributed by atoms with Crippen LogP contribution >= 0.6 is 0 Å². The van der Waals surface area contributed by atoms with Crippen molar-refractivity contribution in [3.05, 3.63) is 47.3 Å². The molecule has 3 heterocycles. The van der Waals surface area contributed by atoms with Crippen molar-refractivity contribution in [2.45, 2.75) is 38.4 Å². The van der Waals surface area contributed by atoms with Gasteiger partial charge in [-0.25, -0.2) is 4.39 Å². The zero-order valence-corrected chi connectivity index (χ0v) is 16.3. The summed E-state index contributed by atoms with van der Waals surface area (Å²) >= 11 is 0. The Balaban J connectivity index is 1.35. The third kappa shape index (κ3) is 4.07. The number of hydrogen-bond acceptors (Lipinski definition) is 5. The maximum Gasteiger partial charge on any atom is 0.236 e. The monoisotopic (exact) mass is 386 g/mol. The molecule has 1 fully saturated rings. The first-order chi connectivity index (χ1) is 13.6. The number of nitrogens with one attached hydrogen (secondary N) is 1. The van der Waals surface area contributed by atoms with E-state index in [0.29, 0.717) is 31.6 Å². The molecule has 0 radical (unpaired) electrons. The van der Waals surface area contributed by atoms with Crippen LogP contribution in [0.3, 0.4) is 0 Å². The van der Waals surface area contributed by atoms with Gasteiger partial charge in [0.05, 0.1) is 12.6 Å². The van der Waals surface area contributed by atoms with E-state index in [4.69, 9.17) is 0 Å². The Morgan fingerprint density at radius 2 is 2.14 bits per heavy atom. The number of nitrogens with zero attached hydrogens (tertiary/aromatic N) is 5. The molecule has 1 saturated heterocycles. The molecule has 8 heteroatoms. The van der Waals surface area contributed by atoms with Crippen LogP contribution in [0.25, 0.3) is 0 Å². The van der Waals surface area contributed by atoms with Gasteiger partial charge in [0, 0.05) is 38.2 Å². The van der Waals surface area contributed by atoms with Crippen molar-refractivity contribution in [2.75, 3.05) is 33.2 Å². The molecule has 1 atom stereocenters. The SMILES string of the molecule is CN(CC(=O)N1CCc2nnc(C3CCCN3)n2CC1)Cc1ccccc1F.